The van der Waals surface area contributed by atoms with Crippen molar-refractivity contribution in [3.8, 4) is 0 Å². The Morgan fingerprint density at radius 1 is 1.31 bits per heavy atom. The number of para-hydroxylation sites is 1. The Kier molecular flexibility index (Phi) is 2.61. The van der Waals surface area contributed by atoms with Gasteiger partial charge in [-0.15, -0.1) is 0 Å². The SMILES string of the molecule is Cc1cccc2c1N(C(C)C)C(C)(C)CN2. The lowest BCUT2D eigenvalue weighted by molar-refractivity contribution is 0.438. The number of benzene rings is 1. The second-order valence-electron chi connectivity index (χ2n) is 5.60. The van der Waals surface area contributed by atoms with Crippen LogP contribution in [0.5, 0.6) is 0 Å². The number of aryl methyl sites for hydroxylation is 1. The highest BCUT2D eigenvalue weighted by atomic mass is 15.3. The van der Waals surface area contributed by atoms with Crippen molar-refractivity contribution in [3.63, 3.8) is 0 Å². The van der Waals surface area contributed by atoms with Crippen molar-refractivity contribution in [2.45, 2.75) is 46.2 Å². The molecule has 1 N–H and O–H groups in total. The Morgan fingerprint density at radius 2 is 2.00 bits per heavy atom. The molecule has 1 aromatic rings. The average molecular weight is 218 g/mol. The van der Waals surface area contributed by atoms with Crippen LogP contribution in [0, 0.1) is 6.92 Å². The van der Waals surface area contributed by atoms with E-state index >= 15 is 0 Å². The number of hydrogen-bond acceptors (Lipinski definition) is 2. The summed E-state index contributed by atoms with van der Waals surface area (Å²) in [5.74, 6) is 0. The first-order valence-corrected chi connectivity index (χ1v) is 6.06. The molecular formula is C14H22N2. The maximum absolute atomic E-state index is 3.54. The van der Waals surface area contributed by atoms with Gasteiger partial charge >= 0.3 is 0 Å². The molecule has 1 aromatic carbocycles. The summed E-state index contributed by atoms with van der Waals surface area (Å²) in [7, 11) is 0. The van der Waals surface area contributed by atoms with Crippen LogP contribution in [0.15, 0.2) is 18.2 Å². The van der Waals surface area contributed by atoms with Crippen molar-refractivity contribution in [2.24, 2.45) is 0 Å². The quantitative estimate of drug-likeness (QED) is 0.777. The predicted molar refractivity (Wildman–Crippen MR) is 71.4 cm³/mol. The summed E-state index contributed by atoms with van der Waals surface area (Å²) in [6.45, 7) is 12.3. The summed E-state index contributed by atoms with van der Waals surface area (Å²) in [6.07, 6.45) is 0. The first-order chi connectivity index (χ1) is 7.43. The Balaban J connectivity index is 2.57. The first-order valence-electron chi connectivity index (χ1n) is 6.06. The molecule has 2 rings (SSSR count). The number of fused-ring (bicyclic) bond motifs is 1. The molecule has 0 fully saturated rings. The van der Waals surface area contributed by atoms with E-state index in [-0.39, 0.29) is 5.54 Å². The molecule has 0 aliphatic carbocycles. The van der Waals surface area contributed by atoms with Gasteiger partial charge in [0.25, 0.3) is 0 Å². The monoisotopic (exact) mass is 218 g/mol. The molecule has 0 unspecified atom stereocenters. The van der Waals surface area contributed by atoms with Gasteiger partial charge in [-0.05, 0) is 46.2 Å². The van der Waals surface area contributed by atoms with E-state index < -0.39 is 0 Å². The van der Waals surface area contributed by atoms with Gasteiger partial charge in [0.1, 0.15) is 0 Å². The standard InChI is InChI=1S/C14H22N2/c1-10(2)16-13-11(3)7-6-8-12(13)15-9-14(16,4)5/h6-8,10,15H,9H2,1-5H3. The van der Waals surface area contributed by atoms with E-state index in [4.69, 9.17) is 0 Å². The minimum atomic E-state index is 0.174. The van der Waals surface area contributed by atoms with Gasteiger partial charge in [0.2, 0.25) is 0 Å². The van der Waals surface area contributed by atoms with E-state index in [1.54, 1.807) is 0 Å². The molecule has 1 heterocycles. The van der Waals surface area contributed by atoms with Gasteiger partial charge in [0.15, 0.2) is 0 Å². The van der Waals surface area contributed by atoms with E-state index in [1.807, 2.05) is 0 Å². The van der Waals surface area contributed by atoms with Crippen LogP contribution in [-0.2, 0) is 0 Å². The van der Waals surface area contributed by atoms with Crippen LogP contribution in [0.2, 0.25) is 0 Å². The van der Waals surface area contributed by atoms with E-state index in [0.717, 1.165) is 6.54 Å². The molecule has 0 saturated carbocycles. The summed E-state index contributed by atoms with van der Waals surface area (Å²) in [4.78, 5) is 2.54. The van der Waals surface area contributed by atoms with Gasteiger partial charge in [-0.2, -0.15) is 0 Å². The number of anilines is 2. The molecule has 16 heavy (non-hydrogen) atoms. The zero-order chi connectivity index (χ0) is 11.9. The Labute approximate surface area is 98.7 Å². The summed E-state index contributed by atoms with van der Waals surface area (Å²) in [5.41, 5.74) is 4.17. The van der Waals surface area contributed by atoms with Crippen molar-refractivity contribution in [2.75, 3.05) is 16.8 Å². The van der Waals surface area contributed by atoms with Crippen molar-refractivity contribution >= 4 is 11.4 Å². The van der Waals surface area contributed by atoms with Crippen molar-refractivity contribution < 1.29 is 0 Å². The molecule has 0 aromatic heterocycles. The molecule has 0 spiro atoms. The fourth-order valence-corrected chi connectivity index (χ4v) is 2.78. The lowest BCUT2D eigenvalue weighted by Gasteiger charge is -2.48. The third-order valence-electron chi connectivity index (χ3n) is 3.36. The normalized spacial score (nSPS) is 18.2. The zero-order valence-corrected chi connectivity index (χ0v) is 11.0. The van der Waals surface area contributed by atoms with E-state index in [1.165, 1.54) is 16.9 Å². The van der Waals surface area contributed by atoms with Gasteiger partial charge in [-0.3, -0.25) is 0 Å². The molecule has 0 radical (unpaired) electrons. The summed E-state index contributed by atoms with van der Waals surface area (Å²) >= 11 is 0. The van der Waals surface area contributed by atoms with E-state index in [9.17, 15) is 0 Å². The van der Waals surface area contributed by atoms with Crippen LogP contribution in [0.3, 0.4) is 0 Å². The summed E-state index contributed by atoms with van der Waals surface area (Å²) in [5, 5.41) is 3.54. The smallest absolute Gasteiger partial charge is 0.0639 e. The Morgan fingerprint density at radius 3 is 2.62 bits per heavy atom. The Bertz CT molecular complexity index is 394. The summed E-state index contributed by atoms with van der Waals surface area (Å²) < 4.78 is 0. The van der Waals surface area contributed by atoms with Crippen LogP contribution in [-0.4, -0.2) is 18.1 Å². The predicted octanol–water partition coefficient (Wildman–Crippen LogP) is 3.41. The van der Waals surface area contributed by atoms with Crippen LogP contribution >= 0.6 is 0 Å². The van der Waals surface area contributed by atoms with Crippen molar-refractivity contribution in [3.05, 3.63) is 23.8 Å². The van der Waals surface area contributed by atoms with Crippen LogP contribution in [0.25, 0.3) is 0 Å². The zero-order valence-electron chi connectivity index (χ0n) is 11.0. The molecule has 88 valence electrons. The average Bonchev–Trinajstić information content (AvgIpc) is 2.17. The molecular weight excluding hydrogens is 196 g/mol. The van der Waals surface area contributed by atoms with Gasteiger partial charge in [0.05, 0.1) is 16.9 Å². The molecule has 1 aliphatic heterocycles. The van der Waals surface area contributed by atoms with Gasteiger partial charge in [-0.1, -0.05) is 12.1 Å². The molecule has 0 bridgehead atoms. The third-order valence-corrected chi connectivity index (χ3v) is 3.36. The highest BCUT2D eigenvalue weighted by molar-refractivity contribution is 5.77. The van der Waals surface area contributed by atoms with E-state index in [0.29, 0.717) is 6.04 Å². The second kappa shape index (κ2) is 3.69. The number of rotatable bonds is 1. The van der Waals surface area contributed by atoms with Crippen LogP contribution < -0.4 is 10.2 Å². The molecule has 0 saturated heterocycles. The maximum Gasteiger partial charge on any atom is 0.0639 e. The van der Waals surface area contributed by atoms with Crippen LogP contribution in [0.1, 0.15) is 33.3 Å². The molecule has 2 heteroatoms. The molecule has 0 amide bonds. The minimum Gasteiger partial charge on any atom is -0.381 e. The Hall–Kier alpha value is -1.18. The van der Waals surface area contributed by atoms with Crippen molar-refractivity contribution in [1.29, 1.82) is 0 Å². The van der Waals surface area contributed by atoms with Gasteiger partial charge < -0.3 is 10.2 Å². The maximum atomic E-state index is 3.54. The third kappa shape index (κ3) is 1.66. The first kappa shape index (κ1) is 11.3. The fraction of sp³-hybridized carbons (Fsp3) is 0.571. The van der Waals surface area contributed by atoms with E-state index in [2.05, 4.69) is 63.0 Å². The summed E-state index contributed by atoms with van der Waals surface area (Å²) in [6, 6.07) is 7.01. The van der Waals surface area contributed by atoms with Gasteiger partial charge in [0, 0.05) is 12.6 Å². The highest BCUT2D eigenvalue weighted by Crippen LogP contribution is 2.39. The number of nitrogens with one attached hydrogen (secondary N) is 1. The second-order valence-corrected chi connectivity index (χ2v) is 5.60. The fourth-order valence-electron chi connectivity index (χ4n) is 2.78. The largest absolute Gasteiger partial charge is 0.381 e. The lowest BCUT2D eigenvalue weighted by Crippen LogP contribution is -2.55. The number of nitrogens with zero attached hydrogens (tertiary/aromatic N) is 1. The van der Waals surface area contributed by atoms with Crippen molar-refractivity contribution in [1.82, 2.24) is 0 Å². The molecule has 2 nitrogen and oxygen atoms in total. The minimum absolute atomic E-state index is 0.174. The molecule has 1 aliphatic rings. The molecule has 0 atom stereocenters. The highest BCUT2D eigenvalue weighted by Gasteiger charge is 2.34. The lowest BCUT2D eigenvalue weighted by atomic mass is 9.94. The number of hydrogen-bond donors (Lipinski definition) is 1. The van der Waals surface area contributed by atoms with Crippen LogP contribution in [0.4, 0.5) is 11.4 Å². The topological polar surface area (TPSA) is 15.3 Å². The van der Waals surface area contributed by atoms with Gasteiger partial charge in [-0.25, -0.2) is 0 Å².